The highest BCUT2D eigenvalue weighted by Gasteiger charge is 2.31. The highest BCUT2D eigenvalue weighted by atomic mass is 16.4. The van der Waals surface area contributed by atoms with E-state index in [0.717, 1.165) is 25.8 Å². The molecule has 0 radical (unpaired) electrons. The Labute approximate surface area is 83.5 Å². The van der Waals surface area contributed by atoms with Crippen LogP contribution in [0.25, 0.3) is 0 Å². The average molecular weight is 193 g/mol. The largest absolute Gasteiger partial charge is 0.481 e. The van der Waals surface area contributed by atoms with Crippen LogP contribution < -0.4 is 0 Å². The molecule has 2 unspecified atom stereocenters. The van der Waals surface area contributed by atoms with Crippen LogP contribution in [0.4, 0.5) is 0 Å². The fourth-order valence-corrected chi connectivity index (χ4v) is 2.34. The lowest BCUT2D eigenvalue weighted by Crippen LogP contribution is -2.21. The van der Waals surface area contributed by atoms with Gasteiger partial charge in [-0.15, -0.1) is 0 Å². The standard InChI is InChI=1S/C11H15NO2/c13-11(14)6-5-8-7-12-10-4-2-1-3-9(8)10/h1-2,8-9H,3-7H2,(H,13,14). The van der Waals surface area contributed by atoms with E-state index in [-0.39, 0.29) is 6.42 Å². The third-order valence-electron chi connectivity index (χ3n) is 3.14. The first-order valence-corrected chi connectivity index (χ1v) is 5.17. The summed E-state index contributed by atoms with van der Waals surface area (Å²) >= 11 is 0. The van der Waals surface area contributed by atoms with Gasteiger partial charge in [-0.3, -0.25) is 9.79 Å². The van der Waals surface area contributed by atoms with Crippen LogP contribution in [0, 0.1) is 11.8 Å². The van der Waals surface area contributed by atoms with Crippen molar-refractivity contribution >= 4 is 11.7 Å². The van der Waals surface area contributed by atoms with E-state index in [1.54, 1.807) is 0 Å². The van der Waals surface area contributed by atoms with Gasteiger partial charge in [0.05, 0.1) is 0 Å². The average Bonchev–Trinajstić information content (AvgIpc) is 2.58. The maximum Gasteiger partial charge on any atom is 0.303 e. The second-order valence-corrected chi connectivity index (χ2v) is 4.04. The molecule has 0 aromatic carbocycles. The van der Waals surface area contributed by atoms with E-state index >= 15 is 0 Å². The molecule has 0 spiro atoms. The minimum atomic E-state index is -0.690. The van der Waals surface area contributed by atoms with Gasteiger partial charge < -0.3 is 5.11 Å². The predicted octanol–water partition coefficient (Wildman–Crippen LogP) is 1.89. The number of aliphatic imine (C=N–C) groups is 1. The van der Waals surface area contributed by atoms with Crippen LogP contribution in [0.2, 0.25) is 0 Å². The summed E-state index contributed by atoms with van der Waals surface area (Å²) in [5.41, 5.74) is 1.29. The smallest absolute Gasteiger partial charge is 0.303 e. The maximum atomic E-state index is 10.5. The van der Waals surface area contributed by atoms with E-state index < -0.39 is 5.97 Å². The highest BCUT2D eigenvalue weighted by Crippen LogP contribution is 2.32. The summed E-state index contributed by atoms with van der Waals surface area (Å²) in [6.07, 6.45) is 7.46. The Balaban J connectivity index is 1.91. The number of hydrogen-bond donors (Lipinski definition) is 1. The van der Waals surface area contributed by atoms with Crippen molar-refractivity contribution in [1.82, 2.24) is 0 Å². The third kappa shape index (κ3) is 1.86. The zero-order chi connectivity index (χ0) is 9.97. The van der Waals surface area contributed by atoms with Crippen molar-refractivity contribution in [2.75, 3.05) is 6.54 Å². The predicted molar refractivity (Wildman–Crippen MR) is 54.5 cm³/mol. The summed E-state index contributed by atoms with van der Waals surface area (Å²) in [7, 11) is 0. The highest BCUT2D eigenvalue weighted by molar-refractivity contribution is 5.90. The number of rotatable bonds is 3. The molecule has 2 atom stereocenters. The molecule has 0 aromatic heterocycles. The molecule has 3 nitrogen and oxygen atoms in total. The van der Waals surface area contributed by atoms with Gasteiger partial charge in [0.15, 0.2) is 0 Å². The number of fused-ring (bicyclic) bond motifs is 1. The Morgan fingerprint density at radius 2 is 2.43 bits per heavy atom. The number of carboxylic acids is 1. The lowest BCUT2D eigenvalue weighted by Gasteiger charge is -2.21. The molecule has 2 aliphatic rings. The normalized spacial score (nSPS) is 29.9. The fraction of sp³-hybridized carbons (Fsp3) is 0.636. The molecule has 76 valence electrons. The van der Waals surface area contributed by atoms with Crippen LogP contribution >= 0.6 is 0 Å². The number of nitrogens with zero attached hydrogens (tertiary/aromatic N) is 1. The van der Waals surface area contributed by atoms with Gasteiger partial charge in [0, 0.05) is 31.0 Å². The van der Waals surface area contributed by atoms with Crippen molar-refractivity contribution in [2.45, 2.75) is 25.7 Å². The molecule has 14 heavy (non-hydrogen) atoms. The van der Waals surface area contributed by atoms with E-state index in [4.69, 9.17) is 5.11 Å². The van der Waals surface area contributed by atoms with E-state index in [1.165, 1.54) is 5.71 Å². The number of hydrogen-bond acceptors (Lipinski definition) is 2. The molecule has 0 saturated carbocycles. The van der Waals surface area contributed by atoms with Gasteiger partial charge in [-0.05, 0) is 18.8 Å². The third-order valence-corrected chi connectivity index (χ3v) is 3.14. The molecular formula is C11H15NO2. The summed E-state index contributed by atoms with van der Waals surface area (Å²) in [4.78, 5) is 15.0. The van der Waals surface area contributed by atoms with Crippen LogP contribution in [-0.4, -0.2) is 23.3 Å². The Morgan fingerprint density at radius 3 is 3.21 bits per heavy atom. The Hall–Kier alpha value is -1.12. The lowest BCUT2D eigenvalue weighted by molar-refractivity contribution is -0.137. The first-order valence-electron chi connectivity index (χ1n) is 5.17. The number of aliphatic carboxylic acids is 1. The van der Waals surface area contributed by atoms with E-state index in [2.05, 4.69) is 17.1 Å². The van der Waals surface area contributed by atoms with Crippen LogP contribution in [0.1, 0.15) is 25.7 Å². The Morgan fingerprint density at radius 1 is 1.57 bits per heavy atom. The lowest BCUT2D eigenvalue weighted by atomic mass is 9.82. The van der Waals surface area contributed by atoms with Crippen molar-refractivity contribution in [3.8, 4) is 0 Å². The van der Waals surface area contributed by atoms with Gasteiger partial charge in [0.2, 0.25) is 0 Å². The Kier molecular flexibility index (Phi) is 2.66. The molecule has 1 N–H and O–H groups in total. The summed E-state index contributed by atoms with van der Waals surface area (Å²) < 4.78 is 0. The molecule has 1 aliphatic heterocycles. The van der Waals surface area contributed by atoms with Crippen LogP contribution in [-0.2, 0) is 4.79 Å². The summed E-state index contributed by atoms with van der Waals surface area (Å²) in [6, 6.07) is 0. The van der Waals surface area contributed by atoms with Gasteiger partial charge in [0.25, 0.3) is 0 Å². The first kappa shape index (κ1) is 9.44. The number of carboxylic acid groups (broad SMARTS) is 1. The molecule has 0 fully saturated rings. The topological polar surface area (TPSA) is 49.7 Å². The Bertz CT molecular complexity index is 294. The van der Waals surface area contributed by atoms with Gasteiger partial charge in [-0.2, -0.15) is 0 Å². The van der Waals surface area contributed by atoms with Crippen molar-refractivity contribution < 1.29 is 9.90 Å². The summed E-state index contributed by atoms with van der Waals surface area (Å²) in [6.45, 7) is 0.842. The zero-order valence-corrected chi connectivity index (χ0v) is 8.15. The van der Waals surface area contributed by atoms with Gasteiger partial charge in [-0.1, -0.05) is 12.2 Å². The summed E-state index contributed by atoms with van der Waals surface area (Å²) in [5, 5.41) is 8.62. The van der Waals surface area contributed by atoms with E-state index in [9.17, 15) is 4.79 Å². The van der Waals surface area contributed by atoms with Crippen molar-refractivity contribution in [1.29, 1.82) is 0 Å². The fourth-order valence-electron chi connectivity index (χ4n) is 2.34. The molecule has 0 amide bonds. The van der Waals surface area contributed by atoms with Gasteiger partial charge in [-0.25, -0.2) is 0 Å². The molecule has 3 heteroatoms. The quantitative estimate of drug-likeness (QED) is 0.696. The molecular weight excluding hydrogens is 178 g/mol. The van der Waals surface area contributed by atoms with Crippen molar-refractivity contribution in [2.24, 2.45) is 16.8 Å². The SMILES string of the molecule is O=C(O)CCC1CN=C2CC=CCC21. The molecule has 1 aliphatic carbocycles. The molecule has 2 rings (SSSR count). The first-order chi connectivity index (χ1) is 6.77. The molecule has 0 saturated heterocycles. The second kappa shape index (κ2) is 3.95. The molecule has 1 heterocycles. The van der Waals surface area contributed by atoms with Crippen LogP contribution in [0.15, 0.2) is 17.1 Å². The minimum Gasteiger partial charge on any atom is -0.481 e. The maximum absolute atomic E-state index is 10.5. The number of allylic oxidation sites excluding steroid dienone is 2. The van der Waals surface area contributed by atoms with Crippen LogP contribution in [0.3, 0.4) is 0 Å². The van der Waals surface area contributed by atoms with Gasteiger partial charge >= 0.3 is 5.97 Å². The number of carbonyl (C=O) groups is 1. The zero-order valence-electron chi connectivity index (χ0n) is 8.15. The van der Waals surface area contributed by atoms with E-state index in [1.807, 2.05) is 0 Å². The minimum absolute atomic E-state index is 0.285. The van der Waals surface area contributed by atoms with Crippen LogP contribution in [0.5, 0.6) is 0 Å². The van der Waals surface area contributed by atoms with E-state index in [0.29, 0.717) is 11.8 Å². The monoisotopic (exact) mass is 193 g/mol. The van der Waals surface area contributed by atoms with Gasteiger partial charge in [0.1, 0.15) is 0 Å². The molecule has 0 bridgehead atoms. The van der Waals surface area contributed by atoms with Crippen molar-refractivity contribution in [3.63, 3.8) is 0 Å². The van der Waals surface area contributed by atoms with Crippen molar-refractivity contribution in [3.05, 3.63) is 12.2 Å². The molecule has 0 aromatic rings. The summed E-state index contributed by atoms with van der Waals surface area (Å²) in [5.74, 6) is 0.329. The second-order valence-electron chi connectivity index (χ2n) is 4.04.